The molecule has 2 amide bonds. The van der Waals surface area contributed by atoms with Crippen LogP contribution in [0.2, 0.25) is 0 Å². The molecule has 2 aliphatic rings. The van der Waals surface area contributed by atoms with E-state index in [2.05, 4.69) is 5.32 Å². The zero-order chi connectivity index (χ0) is 19.1. The Hall–Kier alpha value is -2.70. The van der Waals surface area contributed by atoms with Gasteiger partial charge in [0.25, 0.3) is 0 Å². The lowest BCUT2D eigenvalue weighted by atomic mass is 9.79. The first-order valence-corrected chi connectivity index (χ1v) is 9.50. The average molecular weight is 369 g/mol. The molecule has 2 aromatic rings. The van der Waals surface area contributed by atoms with Gasteiger partial charge >= 0.3 is 5.69 Å². The number of hydrogen-bond donors (Lipinski definition) is 1. The number of carbonyl (C=O) groups excluding carboxylic acids is 3. The van der Waals surface area contributed by atoms with Crippen molar-refractivity contribution in [3.63, 3.8) is 0 Å². The highest BCUT2D eigenvalue weighted by atomic mass is 16.2. The van der Waals surface area contributed by atoms with Crippen LogP contribution in [0, 0.1) is 5.92 Å². The lowest BCUT2D eigenvalue weighted by Gasteiger charge is -2.26. The normalized spacial score (nSPS) is 26.2. The Kier molecular flexibility index (Phi) is 4.45. The fourth-order valence-electron chi connectivity index (χ4n) is 4.59. The molecule has 142 valence electrons. The van der Waals surface area contributed by atoms with Crippen molar-refractivity contribution in [2.24, 2.45) is 13.0 Å². The number of fused-ring (bicyclic) bond motifs is 1. The summed E-state index contributed by atoms with van der Waals surface area (Å²) in [7, 11) is 1.73. The molecule has 7 nitrogen and oxygen atoms in total. The number of aromatic nitrogens is 2. The smallest absolute Gasteiger partial charge is 0.303 e. The van der Waals surface area contributed by atoms with E-state index >= 15 is 0 Å². The number of hydrogen-bond acceptors (Lipinski definition) is 4. The lowest BCUT2D eigenvalue weighted by Crippen LogP contribution is -2.44. The topological polar surface area (TPSA) is 90.2 Å². The van der Waals surface area contributed by atoms with Crippen LogP contribution in [-0.2, 0) is 21.4 Å². The molecule has 1 saturated heterocycles. The van der Waals surface area contributed by atoms with E-state index in [0.29, 0.717) is 12.3 Å². The van der Waals surface area contributed by atoms with Gasteiger partial charge in [-0.25, -0.2) is 4.79 Å². The lowest BCUT2D eigenvalue weighted by molar-refractivity contribution is -0.135. The van der Waals surface area contributed by atoms with Gasteiger partial charge in [-0.2, -0.15) is 0 Å². The number of aryl methyl sites for hydroxylation is 1. The van der Waals surface area contributed by atoms with E-state index in [-0.39, 0.29) is 23.9 Å². The third-order valence-electron chi connectivity index (χ3n) is 6.06. The van der Waals surface area contributed by atoms with Crippen LogP contribution in [0.4, 0.5) is 0 Å². The van der Waals surface area contributed by atoms with E-state index in [0.717, 1.165) is 48.6 Å². The summed E-state index contributed by atoms with van der Waals surface area (Å²) >= 11 is 0. The largest absolute Gasteiger partial charge is 0.329 e. The summed E-state index contributed by atoms with van der Waals surface area (Å²) in [5, 5.41) is 2.34. The number of imide groups is 1. The summed E-state index contributed by atoms with van der Waals surface area (Å²) < 4.78 is 3.14. The molecule has 1 aliphatic heterocycles. The van der Waals surface area contributed by atoms with Crippen LogP contribution < -0.4 is 11.0 Å². The minimum absolute atomic E-state index is 0.136. The second kappa shape index (κ2) is 6.79. The molecule has 2 heterocycles. The van der Waals surface area contributed by atoms with Crippen molar-refractivity contribution in [2.75, 3.05) is 0 Å². The summed E-state index contributed by atoms with van der Waals surface area (Å²) in [4.78, 5) is 47.8. The maximum atomic E-state index is 13.0. The Morgan fingerprint density at radius 3 is 2.48 bits per heavy atom. The SMILES string of the molecule is Cn1c(=O)n(C2CCC(=O)NC2=O)c2cccc([C@H]3CC[C@H](C=O)CC3)c21. The van der Waals surface area contributed by atoms with E-state index in [4.69, 9.17) is 0 Å². The summed E-state index contributed by atoms with van der Waals surface area (Å²) in [6.45, 7) is 0. The van der Waals surface area contributed by atoms with Gasteiger partial charge in [0.2, 0.25) is 11.8 Å². The van der Waals surface area contributed by atoms with Gasteiger partial charge in [0.15, 0.2) is 0 Å². The molecule has 27 heavy (non-hydrogen) atoms. The minimum Gasteiger partial charge on any atom is -0.303 e. The molecule has 0 radical (unpaired) electrons. The minimum atomic E-state index is -0.667. The Labute approximate surface area is 156 Å². The number of imidazole rings is 1. The summed E-state index contributed by atoms with van der Waals surface area (Å²) in [5.74, 6) is -0.277. The molecule has 4 rings (SSSR count). The van der Waals surface area contributed by atoms with Crippen LogP contribution in [0.1, 0.15) is 56.0 Å². The Balaban J connectivity index is 1.79. The molecule has 7 heteroatoms. The fourth-order valence-corrected chi connectivity index (χ4v) is 4.59. The summed E-state index contributed by atoms with van der Waals surface area (Å²) in [6, 6.07) is 5.16. The van der Waals surface area contributed by atoms with Gasteiger partial charge in [-0.15, -0.1) is 0 Å². The highest BCUT2D eigenvalue weighted by Gasteiger charge is 2.32. The second-order valence-electron chi connectivity index (χ2n) is 7.64. The predicted molar refractivity (Wildman–Crippen MR) is 99.4 cm³/mol. The molecule has 1 aromatic heterocycles. The van der Waals surface area contributed by atoms with Crippen molar-refractivity contribution in [3.8, 4) is 0 Å². The van der Waals surface area contributed by atoms with Crippen LogP contribution in [0.3, 0.4) is 0 Å². The fraction of sp³-hybridized carbons (Fsp3) is 0.500. The number of rotatable bonds is 3. The van der Waals surface area contributed by atoms with Gasteiger partial charge < -0.3 is 4.79 Å². The van der Waals surface area contributed by atoms with Crippen LogP contribution in [0.5, 0.6) is 0 Å². The van der Waals surface area contributed by atoms with Crippen molar-refractivity contribution >= 4 is 29.1 Å². The van der Waals surface area contributed by atoms with Crippen molar-refractivity contribution in [3.05, 3.63) is 34.2 Å². The molecule has 1 aliphatic carbocycles. The van der Waals surface area contributed by atoms with Gasteiger partial charge in [-0.3, -0.25) is 24.0 Å². The third-order valence-corrected chi connectivity index (χ3v) is 6.06. The molecule has 0 spiro atoms. The van der Waals surface area contributed by atoms with Gasteiger partial charge in [0.1, 0.15) is 12.3 Å². The van der Waals surface area contributed by atoms with E-state index in [1.54, 1.807) is 11.6 Å². The van der Waals surface area contributed by atoms with Crippen molar-refractivity contribution in [1.29, 1.82) is 0 Å². The van der Waals surface area contributed by atoms with Crippen LogP contribution in [-0.4, -0.2) is 27.2 Å². The predicted octanol–water partition coefficient (Wildman–Crippen LogP) is 1.79. The number of para-hydroxylation sites is 1. The first kappa shape index (κ1) is 17.7. The van der Waals surface area contributed by atoms with Gasteiger partial charge in [-0.1, -0.05) is 12.1 Å². The zero-order valence-corrected chi connectivity index (χ0v) is 15.3. The zero-order valence-electron chi connectivity index (χ0n) is 15.3. The highest BCUT2D eigenvalue weighted by molar-refractivity contribution is 6.00. The van der Waals surface area contributed by atoms with Crippen LogP contribution in [0.15, 0.2) is 23.0 Å². The average Bonchev–Trinajstić information content (AvgIpc) is 2.93. The summed E-state index contributed by atoms with van der Waals surface area (Å²) in [6.07, 6.45) is 5.18. The maximum absolute atomic E-state index is 13.0. The van der Waals surface area contributed by atoms with E-state index in [1.165, 1.54) is 4.57 Å². The van der Waals surface area contributed by atoms with E-state index in [9.17, 15) is 19.2 Å². The molecule has 2 fully saturated rings. The second-order valence-corrected chi connectivity index (χ2v) is 7.64. The highest BCUT2D eigenvalue weighted by Crippen LogP contribution is 2.38. The van der Waals surface area contributed by atoms with Crippen molar-refractivity contribution < 1.29 is 14.4 Å². The quantitative estimate of drug-likeness (QED) is 0.660. The first-order chi connectivity index (χ1) is 13.0. The molecule has 1 unspecified atom stereocenters. The van der Waals surface area contributed by atoms with Crippen LogP contribution >= 0.6 is 0 Å². The number of nitrogens with zero attached hydrogens (tertiary/aromatic N) is 2. The monoisotopic (exact) mass is 369 g/mol. The number of amides is 2. The first-order valence-electron chi connectivity index (χ1n) is 9.50. The van der Waals surface area contributed by atoms with Gasteiger partial charge in [0, 0.05) is 19.4 Å². The molecular formula is C20H23N3O4. The van der Waals surface area contributed by atoms with Crippen molar-refractivity contribution in [1.82, 2.24) is 14.5 Å². The molecule has 1 saturated carbocycles. The van der Waals surface area contributed by atoms with Crippen LogP contribution in [0.25, 0.3) is 11.0 Å². The molecular weight excluding hydrogens is 346 g/mol. The van der Waals surface area contributed by atoms with Gasteiger partial charge in [0.05, 0.1) is 11.0 Å². The third kappa shape index (κ3) is 2.91. The number of benzene rings is 1. The maximum Gasteiger partial charge on any atom is 0.329 e. The molecule has 1 atom stereocenters. The molecule has 0 bridgehead atoms. The Morgan fingerprint density at radius 1 is 1.07 bits per heavy atom. The van der Waals surface area contributed by atoms with Gasteiger partial charge in [-0.05, 0) is 49.7 Å². The molecule has 1 aromatic carbocycles. The summed E-state index contributed by atoms with van der Waals surface area (Å²) in [5.41, 5.74) is 2.43. The van der Waals surface area contributed by atoms with E-state index in [1.807, 2.05) is 18.2 Å². The molecule has 1 N–H and O–H groups in total. The van der Waals surface area contributed by atoms with Crippen molar-refractivity contribution in [2.45, 2.75) is 50.5 Å². The number of carbonyl (C=O) groups is 3. The Bertz CT molecular complexity index is 979. The van der Waals surface area contributed by atoms with E-state index < -0.39 is 11.9 Å². The Morgan fingerprint density at radius 2 is 1.81 bits per heavy atom. The number of piperidine rings is 1. The standard InChI is InChI=1S/C20H23N3O4/c1-22-18-14(13-7-5-12(11-24)6-8-13)3-2-4-15(18)23(20(22)27)16-9-10-17(25)21-19(16)26/h2-4,11-13,16H,5-10H2,1H3,(H,21,25,26)/t12-,13-,16?. The number of aldehydes is 1. The number of nitrogens with one attached hydrogen (secondary N) is 1.